The average molecular weight is 280 g/mol. The Morgan fingerprint density at radius 2 is 2.25 bits per heavy atom. The molecule has 0 aliphatic carbocycles. The van der Waals surface area contributed by atoms with Crippen LogP contribution in [0.15, 0.2) is 12.4 Å². The van der Waals surface area contributed by atoms with E-state index in [2.05, 4.69) is 10.4 Å². The molecule has 7 heteroatoms. The van der Waals surface area contributed by atoms with Gasteiger partial charge in [0.1, 0.15) is 0 Å². The summed E-state index contributed by atoms with van der Waals surface area (Å²) in [5, 5.41) is 15.9. The number of urea groups is 1. The number of aryl methyl sites for hydroxylation is 1. The minimum Gasteiger partial charge on any atom is -0.481 e. The van der Waals surface area contributed by atoms with Crippen LogP contribution in [-0.4, -0.2) is 51.4 Å². The molecule has 0 unspecified atom stereocenters. The largest absolute Gasteiger partial charge is 0.481 e. The lowest BCUT2D eigenvalue weighted by Gasteiger charge is -2.16. The van der Waals surface area contributed by atoms with Gasteiger partial charge in [-0.1, -0.05) is 6.92 Å². The van der Waals surface area contributed by atoms with E-state index in [9.17, 15) is 9.59 Å². The Labute approximate surface area is 117 Å². The van der Waals surface area contributed by atoms with Gasteiger partial charge in [0, 0.05) is 32.9 Å². The third kappa shape index (κ3) is 3.28. The second-order valence-electron chi connectivity index (χ2n) is 5.33. The molecule has 110 valence electrons. The summed E-state index contributed by atoms with van der Waals surface area (Å²) in [5.74, 6) is -1.29. The van der Waals surface area contributed by atoms with Crippen LogP contribution in [0.5, 0.6) is 0 Å². The number of hydrogen-bond acceptors (Lipinski definition) is 3. The van der Waals surface area contributed by atoms with E-state index in [1.54, 1.807) is 15.8 Å². The van der Waals surface area contributed by atoms with Gasteiger partial charge in [-0.25, -0.2) is 4.79 Å². The molecular formula is C13H20N4O3. The van der Waals surface area contributed by atoms with Gasteiger partial charge >= 0.3 is 12.0 Å². The molecule has 1 aromatic rings. The number of carboxylic acids is 1. The first-order valence-electron chi connectivity index (χ1n) is 6.70. The minimum atomic E-state index is -0.830. The number of nitrogens with one attached hydrogen (secondary N) is 1. The maximum absolute atomic E-state index is 12.0. The highest BCUT2D eigenvalue weighted by Crippen LogP contribution is 2.22. The Hall–Kier alpha value is -2.05. The number of carbonyl (C=O) groups excluding carboxylic acids is 1. The van der Waals surface area contributed by atoms with Crippen LogP contribution in [0.1, 0.15) is 12.5 Å². The van der Waals surface area contributed by atoms with E-state index < -0.39 is 11.9 Å². The number of carboxylic acid groups (broad SMARTS) is 1. The molecule has 2 heterocycles. The topological polar surface area (TPSA) is 87.5 Å². The van der Waals surface area contributed by atoms with E-state index in [1.165, 1.54) is 0 Å². The summed E-state index contributed by atoms with van der Waals surface area (Å²) in [6, 6.07) is -0.190. The van der Waals surface area contributed by atoms with Crippen molar-refractivity contribution in [1.82, 2.24) is 20.0 Å². The van der Waals surface area contributed by atoms with Gasteiger partial charge in [-0.15, -0.1) is 0 Å². The summed E-state index contributed by atoms with van der Waals surface area (Å²) in [4.78, 5) is 24.5. The highest BCUT2D eigenvalue weighted by Gasteiger charge is 2.36. The number of hydrogen-bond donors (Lipinski definition) is 2. The van der Waals surface area contributed by atoms with Crippen molar-refractivity contribution in [1.29, 1.82) is 0 Å². The summed E-state index contributed by atoms with van der Waals surface area (Å²) in [5.41, 5.74) is 1.06. The number of amides is 2. The van der Waals surface area contributed by atoms with Crippen LogP contribution in [0.2, 0.25) is 0 Å². The lowest BCUT2D eigenvalue weighted by atomic mass is 9.99. The molecule has 0 spiro atoms. The molecule has 0 bridgehead atoms. The third-order valence-electron chi connectivity index (χ3n) is 3.67. The molecule has 2 rings (SSSR count). The standard InChI is InChI=1S/C13H20N4O3/c1-9-6-17(8-11(9)12(18)19)13(20)14-4-3-10-5-15-16(2)7-10/h5,7,9,11H,3-4,6,8H2,1-2H3,(H,14,20)(H,18,19)/t9-,11-/m1/s1. The summed E-state index contributed by atoms with van der Waals surface area (Å²) in [6.45, 7) is 3.17. The normalized spacial score (nSPS) is 22.0. The van der Waals surface area contributed by atoms with Crippen molar-refractivity contribution in [3.05, 3.63) is 18.0 Å². The first kappa shape index (κ1) is 14.4. The zero-order valence-electron chi connectivity index (χ0n) is 11.7. The monoisotopic (exact) mass is 280 g/mol. The summed E-state index contributed by atoms with van der Waals surface area (Å²) < 4.78 is 1.72. The van der Waals surface area contributed by atoms with Gasteiger partial charge in [-0.05, 0) is 17.9 Å². The van der Waals surface area contributed by atoms with Gasteiger partial charge < -0.3 is 15.3 Å². The molecule has 2 N–H and O–H groups in total. The molecule has 1 fully saturated rings. The predicted molar refractivity (Wildman–Crippen MR) is 72.2 cm³/mol. The molecule has 7 nitrogen and oxygen atoms in total. The van der Waals surface area contributed by atoms with Crippen LogP contribution in [-0.2, 0) is 18.3 Å². The fourth-order valence-corrected chi connectivity index (χ4v) is 2.48. The van der Waals surface area contributed by atoms with Crippen molar-refractivity contribution >= 4 is 12.0 Å². The van der Waals surface area contributed by atoms with Crippen LogP contribution in [0.3, 0.4) is 0 Å². The van der Waals surface area contributed by atoms with Gasteiger partial charge in [0.05, 0.1) is 12.1 Å². The van der Waals surface area contributed by atoms with E-state index >= 15 is 0 Å². The number of rotatable bonds is 4. The van der Waals surface area contributed by atoms with Crippen LogP contribution in [0.25, 0.3) is 0 Å². The van der Waals surface area contributed by atoms with Crippen molar-refractivity contribution < 1.29 is 14.7 Å². The van der Waals surface area contributed by atoms with Crippen LogP contribution in [0, 0.1) is 11.8 Å². The molecule has 2 amide bonds. The Morgan fingerprint density at radius 3 is 2.80 bits per heavy atom. The number of aliphatic carboxylic acids is 1. The maximum atomic E-state index is 12.0. The van der Waals surface area contributed by atoms with E-state index in [0.29, 0.717) is 19.5 Å². The number of likely N-dealkylation sites (tertiary alicyclic amines) is 1. The summed E-state index contributed by atoms with van der Waals surface area (Å²) in [6.07, 6.45) is 4.39. The van der Waals surface area contributed by atoms with Gasteiger partial charge in [0.2, 0.25) is 0 Å². The minimum absolute atomic E-state index is 0.00317. The first-order valence-corrected chi connectivity index (χ1v) is 6.70. The first-order chi connectivity index (χ1) is 9.47. The summed E-state index contributed by atoms with van der Waals surface area (Å²) in [7, 11) is 1.85. The van der Waals surface area contributed by atoms with E-state index in [4.69, 9.17) is 5.11 Å². The van der Waals surface area contributed by atoms with Crippen molar-refractivity contribution in [3.8, 4) is 0 Å². The van der Waals surface area contributed by atoms with Crippen LogP contribution >= 0.6 is 0 Å². The Kier molecular flexibility index (Phi) is 4.26. The zero-order chi connectivity index (χ0) is 14.7. The fourth-order valence-electron chi connectivity index (χ4n) is 2.48. The quantitative estimate of drug-likeness (QED) is 0.831. The zero-order valence-corrected chi connectivity index (χ0v) is 11.7. The van der Waals surface area contributed by atoms with Crippen LogP contribution in [0.4, 0.5) is 4.79 Å². The second-order valence-corrected chi connectivity index (χ2v) is 5.33. The van der Waals surface area contributed by atoms with Gasteiger partial charge in [0.25, 0.3) is 0 Å². The predicted octanol–water partition coefficient (Wildman–Crippen LogP) is 0.325. The molecule has 1 aliphatic heterocycles. The molecule has 0 radical (unpaired) electrons. The van der Waals surface area contributed by atoms with Gasteiger partial charge in [-0.2, -0.15) is 5.10 Å². The van der Waals surface area contributed by atoms with Crippen molar-refractivity contribution in [2.24, 2.45) is 18.9 Å². The lowest BCUT2D eigenvalue weighted by molar-refractivity contribution is -0.142. The number of aromatic nitrogens is 2. The third-order valence-corrected chi connectivity index (χ3v) is 3.67. The highest BCUT2D eigenvalue weighted by molar-refractivity contribution is 5.77. The molecule has 1 aromatic heterocycles. The maximum Gasteiger partial charge on any atom is 0.317 e. The fraction of sp³-hybridized carbons (Fsp3) is 0.615. The number of nitrogens with zero attached hydrogens (tertiary/aromatic N) is 3. The molecule has 1 aliphatic rings. The Morgan fingerprint density at radius 1 is 1.50 bits per heavy atom. The lowest BCUT2D eigenvalue weighted by Crippen LogP contribution is -2.39. The molecule has 2 atom stereocenters. The molecule has 0 aromatic carbocycles. The summed E-state index contributed by atoms with van der Waals surface area (Å²) >= 11 is 0. The highest BCUT2D eigenvalue weighted by atomic mass is 16.4. The van der Waals surface area contributed by atoms with Gasteiger partial charge in [-0.3, -0.25) is 9.48 Å². The molecular weight excluding hydrogens is 260 g/mol. The Bertz CT molecular complexity index is 500. The van der Waals surface area contributed by atoms with Crippen LogP contribution < -0.4 is 5.32 Å². The average Bonchev–Trinajstić information content (AvgIpc) is 2.95. The van der Waals surface area contributed by atoms with E-state index in [1.807, 2.05) is 20.2 Å². The number of carbonyl (C=O) groups is 2. The molecule has 1 saturated heterocycles. The molecule has 0 saturated carbocycles. The Balaban J connectivity index is 1.77. The van der Waals surface area contributed by atoms with Crippen molar-refractivity contribution in [2.75, 3.05) is 19.6 Å². The van der Waals surface area contributed by atoms with Crippen molar-refractivity contribution in [2.45, 2.75) is 13.3 Å². The van der Waals surface area contributed by atoms with Crippen molar-refractivity contribution in [3.63, 3.8) is 0 Å². The smallest absolute Gasteiger partial charge is 0.317 e. The van der Waals surface area contributed by atoms with E-state index in [0.717, 1.165) is 5.56 Å². The SMILES string of the molecule is C[C@@H]1CN(C(=O)NCCc2cnn(C)c2)C[C@H]1C(=O)O. The second kappa shape index (κ2) is 5.94. The molecule has 20 heavy (non-hydrogen) atoms. The van der Waals surface area contributed by atoms with Gasteiger partial charge in [0.15, 0.2) is 0 Å². The van der Waals surface area contributed by atoms with E-state index in [-0.39, 0.29) is 18.5 Å².